The average Bonchev–Trinajstić information content (AvgIpc) is 2.68. The number of ether oxygens (including phenoxy) is 1. The number of hydrogen-bond donors (Lipinski definition) is 1. The number of nitrogens with one attached hydrogen (secondary N) is 1. The standard InChI is InChI=1S/C21H26N2O4S/c1-27-21(24)23-13-7-12-19(22-28(2,25)26)20(23)15-16-8-6-11-18(14-16)17-9-4-3-5-10-17/h3-6,8-11,14,19-20,22H,7,12-13,15H2,1-2H3. The molecule has 0 radical (unpaired) electrons. The van der Waals surface area contributed by atoms with Crippen molar-refractivity contribution in [3.63, 3.8) is 0 Å². The summed E-state index contributed by atoms with van der Waals surface area (Å²) in [5.74, 6) is 0. The number of nitrogens with zero attached hydrogens (tertiary/aromatic N) is 1. The van der Waals surface area contributed by atoms with Crippen molar-refractivity contribution in [2.45, 2.75) is 31.3 Å². The van der Waals surface area contributed by atoms with Crippen LogP contribution in [0.2, 0.25) is 0 Å². The van der Waals surface area contributed by atoms with Gasteiger partial charge in [0.1, 0.15) is 0 Å². The fourth-order valence-electron chi connectivity index (χ4n) is 3.82. The Kier molecular flexibility index (Phi) is 6.36. The molecule has 7 heteroatoms. The molecular formula is C21H26N2O4S. The van der Waals surface area contributed by atoms with Gasteiger partial charge in [0.05, 0.1) is 19.4 Å². The van der Waals surface area contributed by atoms with Gasteiger partial charge in [0.15, 0.2) is 0 Å². The maximum atomic E-state index is 12.3. The van der Waals surface area contributed by atoms with E-state index in [0.29, 0.717) is 19.4 Å². The highest BCUT2D eigenvalue weighted by Gasteiger charge is 2.36. The molecule has 28 heavy (non-hydrogen) atoms. The topological polar surface area (TPSA) is 75.7 Å². The Hall–Kier alpha value is -2.38. The molecule has 1 amide bonds. The van der Waals surface area contributed by atoms with Crippen molar-refractivity contribution < 1.29 is 17.9 Å². The third kappa shape index (κ3) is 5.11. The van der Waals surface area contributed by atoms with E-state index < -0.39 is 16.1 Å². The second kappa shape index (κ2) is 8.75. The van der Waals surface area contributed by atoms with Gasteiger partial charge in [-0.05, 0) is 36.0 Å². The number of carbonyl (C=O) groups is 1. The van der Waals surface area contributed by atoms with Gasteiger partial charge in [0, 0.05) is 12.6 Å². The number of rotatable bonds is 5. The van der Waals surface area contributed by atoms with E-state index in [1.54, 1.807) is 4.90 Å². The SMILES string of the molecule is COC(=O)N1CCCC(NS(C)(=O)=O)C1Cc1cccc(-c2ccccc2)c1. The molecule has 1 aliphatic heterocycles. The van der Waals surface area contributed by atoms with Gasteiger partial charge in [-0.2, -0.15) is 0 Å². The molecule has 2 atom stereocenters. The van der Waals surface area contributed by atoms with E-state index >= 15 is 0 Å². The normalized spacial score (nSPS) is 20.0. The van der Waals surface area contributed by atoms with E-state index in [4.69, 9.17) is 4.74 Å². The van der Waals surface area contributed by atoms with E-state index in [-0.39, 0.29) is 12.1 Å². The number of hydrogen-bond acceptors (Lipinski definition) is 4. The summed E-state index contributed by atoms with van der Waals surface area (Å²) in [5, 5.41) is 0. The minimum Gasteiger partial charge on any atom is -0.453 e. The molecule has 2 unspecified atom stereocenters. The first kappa shape index (κ1) is 20.4. The zero-order valence-electron chi connectivity index (χ0n) is 16.2. The maximum absolute atomic E-state index is 12.3. The maximum Gasteiger partial charge on any atom is 0.409 e. The highest BCUT2D eigenvalue weighted by Crippen LogP contribution is 2.25. The van der Waals surface area contributed by atoms with Crippen molar-refractivity contribution in [1.29, 1.82) is 0 Å². The quantitative estimate of drug-likeness (QED) is 0.834. The summed E-state index contributed by atoms with van der Waals surface area (Å²) in [7, 11) is -2.03. The molecule has 1 heterocycles. The molecule has 3 rings (SSSR count). The zero-order chi connectivity index (χ0) is 20.1. The van der Waals surface area contributed by atoms with Gasteiger partial charge in [-0.15, -0.1) is 0 Å². The molecule has 0 bridgehead atoms. The summed E-state index contributed by atoms with van der Waals surface area (Å²) in [6.07, 6.45) is 2.68. The molecule has 0 aromatic heterocycles. The lowest BCUT2D eigenvalue weighted by Gasteiger charge is -2.40. The molecule has 1 fully saturated rings. The average molecular weight is 403 g/mol. The van der Waals surface area contributed by atoms with Crippen LogP contribution in [-0.4, -0.2) is 51.4 Å². The Morgan fingerprint density at radius 2 is 1.86 bits per heavy atom. The van der Waals surface area contributed by atoms with Crippen molar-refractivity contribution >= 4 is 16.1 Å². The Morgan fingerprint density at radius 1 is 1.14 bits per heavy atom. The molecule has 2 aromatic carbocycles. The summed E-state index contributed by atoms with van der Waals surface area (Å²) < 4.78 is 31.3. The van der Waals surface area contributed by atoms with Gasteiger partial charge in [-0.1, -0.05) is 54.6 Å². The molecule has 2 aromatic rings. The summed E-state index contributed by atoms with van der Waals surface area (Å²) in [6.45, 7) is 0.553. The van der Waals surface area contributed by atoms with Crippen LogP contribution in [-0.2, 0) is 21.2 Å². The molecule has 0 aliphatic carbocycles. The number of amides is 1. The van der Waals surface area contributed by atoms with E-state index in [0.717, 1.165) is 29.4 Å². The van der Waals surface area contributed by atoms with Crippen LogP contribution >= 0.6 is 0 Å². The molecule has 0 saturated carbocycles. The number of carbonyl (C=O) groups excluding carboxylic acids is 1. The van der Waals surface area contributed by atoms with E-state index in [1.165, 1.54) is 7.11 Å². The molecule has 6 nitrogen and oxygen atoms in total. The Balaban J connectivity index is 1.89. The molecule has 1 aliphatic rings. The van der Waals surface area contributed by atoms with Crippen LogP contribution in [0, 0.1) is 0 Å². The second-order valence-corrected chi connectivity index (χ2v) is 8.92. The lowest BCUT2D eigenvalue weighted by atomic mass is 9.90. The molecule has 1 N–H and O–H groups in total. The van der Waals surface area contributed by atoms with Crippen LogP contribution < -0.4 is 4.72 Å². The summed E-state index contributed by atoms with van der Waals surface area (Å²) in [5.41, 5.74) is 3.25. The Morgan fingerprint density at radius 3 is 2.54 bits per heavy atom. The first-order chi connectivity index (χ1) is 13.4. The van der Waals surface area contributed by atoms with Gasteiger partial charge < -0.3 is 9.64 Å². The molecule has 1 saturated heterocycles. The van der Waals surface area contributed by atoms with E-state index in [2.05, 4.69) is 22.9 Å². The van der Waals surface area contributed by atoms with Crippen molar-refractivity contribution in [2.24, 2.45) is 0 Å². The molecule has 0 spiro atoms. The first-order valence-corrected chi connectivity index (χ1v) is 11.2. The van der Waals surface area contributed by atoms with Gasteiger partial charge in [0.25, 0.3) is 0 Å². The number of likely N-dealkylation sites (tertiary alicyclic amines) is 1. The molecule has 150 valence electrons. The van der Waals surface area contributed by atoms with Crippen LogP contribution in [0.5, 0.6) is 0 Å². The van der Waals surface area contributed by atoms with Gasteiger partial charge >= 0.3 is 6.09 Å². The minimum absolute atomic E-state index is 0.304. The Labute approximate surface area is 166 Å². The monoisotopic (exact) mass is 402 g/mol. The highest BCUT2D eigenvalue weighted by atomic mass is 32.2. The lowest BCUT2D eigenvalue weighted by molar-refractivity contribution is 0.0792. The van der Waals surface area contributed by atoms with Crippen molar-refractivity contribution in [1.82, 2.24) is 9.62 Å². The van der Waals surface area contributed by atoms with Crippen molar-refractivity contribution in [3.8, 4) is 11.1 Å². The van der Waals surface area contributed by atoms with Crippen LogP contribution in [0.25, 0.3) is 11.1 Å². The highest BCUT2D eigenvalue weighted by molar-refractivity contribution is 7.88. The first-order valence-electron chi connectivity index (χ1n) is 9.33. The van der Waals surface area contributed by atoms with Gasteiger partial charge in [-0.25, -0.2) is 17.9 Å². The van der Waals surface area contributed by atoms with Gasteiger partial charge in [0.2, 0.25) is 10.0 Å². The number of benzene rings is 2. The van der Waals surface area contributed by atoms with Crippen LogP contribution in [0.1, 0.15) is 18.4 Å². The third-order valence-corrected chi connectivity index (χ3v) is 5.76. The zero-order valence-corrected chi connectivity index (χ0v) is 17.0. The van der Waals surface area contributed by atoms with Gasteiger partial charge in [-0.3, -0.25) is 0 Å². The van der Waals surface area contributed by atoms with E-state index in [1.807, 2.05) is 36.4 Å². The predicted octanol–water partition coefficient (Wildman–Crippen LogP) is 3.04. The fraction of sp³-hybridized carbons (Fsp3) is 0.381. The smallest absolute Gasteiger partial charge is 0.409 e. The third-order valence-electron chi connectivity index (χ3n) is 5.03. The minimum atomic E-state index is -3.38. The summed E-state index contributed by atoms with van der Waals surface area (Å²) in [6, 6.07) is 17.6. The largest absolute Gasteiger partial charge is 0.453 e. The number of sulfonamides is 1. The fourth-order valence-corrected chi connectivity index (χ4v) is 4.64. The van der Waals surface area contributed by atoms with Crippen LogP contribution in [0.4, 0.5) is 4.79 Å². The van der Waals surface area contributed by atoms with Crippen molar-refractivity contribution in [3.05, 3.63) is 60.2 Å². The predicted molar refractivity (Wildman–Crippen MR) is 109 cm³/mol. The second-order valence-electron chi connectivity index (χ2n) is 7.14. The Bertz CT molecular complexity index is 915. The lowest BCUT2D eigenvalue weighted by Crippen LogP contribution is -2.57. The van der Waals surface area contributed by atoms with Crippen molar-refractivity contribution in [2.75, 3.05) is 19.9 Å². The summed E-state index contributed by atoms with van der Waals surface area (Å²) in [4.78, 5) is 13.9. The van der Waals surface area contributed by atoms with Crippen LogP contribution in [0.15, 0.2) is 54.6 Å². The number of piperidine rings is 1. The summed E-state index contributed by atoms with van der Waals surface area (Å²) >= 11 is 0. The van der Waals surface area contributed by atoms with Crippen LogP contribution in [0.3, 0.4) is 0 Å². The molecular weight excluding hydrogens is 376 g/mol. The van der Waals surface area contributed by atoms with E-state index in [9.17, 15) is 13.2 Å². The number of methoxy groups -OCH3 is 1.